The van der Waals surface area contributed by atoms with Gasteiger partial charge in [0.05, 0.1) is 16.8 Å². The summed E-state index contributed by atoms with van der Waals surface area (Å²) in [5.74, 6) is -1.19. The molecular formula is C24H19F4N3O2. The van der Waals surface area contributed by atoms with Crippen LogP contribution in [0.1, 0.15) is 28.4 Å². The second-order valence-electron chi connectivity index (χ2n) is 7.69. The molecule has 170 valence electrons. The largest absolute Gasteiger partial charge is 0.416 e. The molecule has 0 atom stereocenters. The average Bonchev–Trinajstić information content (AvgIpc) is 2.74. The van der Waals surface area contributed by atoms with E-state index in [2.05, 4.69) is 5.32 Å². The number of halogens is 4. The number of nitrogens with one attached hydrogen (secondary N) is 1. The first-order valence-corrected chi connectivity index (χ1v) is 9.99. The molecule has 0 bridgehead atoms. The maximum Gasteiger partial charge on any atom is 0.416 e. The first-order valence-electron chi connectivity index (χ1n) is 9.99. The summed E-state index contributed by atoms with van der Waals surface area (Å²) in [6.07, 6.45) is -4.59. The van der Waals surface area contributed by atoms with Gasteiger partial charge in [0.25, 0.3) is 5.91 Å². The van der Waals surface area contributed by atoms with Crippen molar-refractivity contribution in [1.82, 2.24) is 0 Å². The van der Waals surface area contributed by atoms with E-state index in [0.717, 1.165) is 18.2 Å². The van der Waals surface area contributed by atoms with Crippen molar-refractivity contribution in [3.05, 3.63) is 83.2 Å². The normalized spacial score (nSPS) is 13.7. The van der Waals surface area contributed by atoms with Crippen molar-refractivity contribution in [3.8, 4) is 0 Å². The quantitative estimate of drug-likeness (QED) is 0.501. The van der Waals surface area contributed by atoms with E-state index in [9.17, 15) is 27.2 Å². The average molecular weight is 457 g/mol. The van der Waals surface area contributed by atoms with Crippen molar-refractivity contribution < 1.29 is 27.2 Å². The molecular weight excluding hydrogens is 438 g/mol. The standard InChI is InChI=1S/C24H19F4N3O2/c1-14-11-17(25)4-10-21(14)31-13-30(19-7-5-18(6-8-19)29-15(2)32)23(33)20-9-3-16(12-22(20)31)24(26,27)28/h3-12H,13H2,1-2H3,(H,29,32). The molecule has 0 aromatic heterocycles. The molecule has 1 N–H and O–H groups in total. The molecule has 33 heavy (non-hydrogen) atoms. The number of anilines is 4. The minimum absolute atomic E-state index is 0.0842. The summed E-state index contributed by atoms with van der Waals surface area (Å²) in [5, 5.41) is 2.63. The highest BCUT2D eigenvalue weighted by Crippen LogP contribution is 2.40. The highest BCUT2D eigenvalue weighted by atomic mass is 19.4. The second-order valence-corrected chi connectivity index (χ2v) is 7.69. The molecule has 0 radical (unpaired) electrons. The lowest BCUT2D eigenvalue weighted by molar-refractivity contribution is -0.137. The first kappa shape index (κ1) is 22.3. The monoisotopic (exact) mass is 457 g/mol. The molecule has 0 unspecified atom stereocenters. The summed E-state index contributed by atoms with van der Waals surface area (Å²) in [7, 11) is 0. The maximum atomic E-state index is 13.7. The van der Waals surface area contributed by atoms with Gasteiger partial charge in [-0.25, -0.2) is 4.39 Å². The summed E-state index contributed by atoms with van der Waals surface area (Å²) in [6.45, 7) is 2.94. The Balaban J connectivity index is 1.82. The fourth-order valence-corrected chi connectivity index (χ4v) is 3.79. The Morgan fingerprint density at radius 2 is 1.64 bits per heavy atom. The SMILES string of the molecule is CC(=O)Nc1ccc(N2CN(c3ccc(F)cc3C)c3cc(C(F)(F)F)ccc3C2=O)cc1. The molecule has 2 amide bonds. The van der Waals surface area contributed by atoms with Crippen LogP contribution in [0.25, 0.3) is 0 Å². The first-order chi connectivity index (χ1) is 15.5. The van der Waals surface area contributed by atoms with Crippen molar-refractivity contribution >= 4 is 34.6 Å². The topological polar surface area (TPSA) is 52.7 Å². The molecule has 0 aliphatic carbocycles. The van der Waals surface area contributed by atoms with E-state index in [4.69, 9.17) is 0 Å². The molecule has 4 rings (SSSR count). The Labute approximate surface area is 187 Å². The van der Waals surface area contributed by atoms with Crippen molar-refractivity contribution in [2.24, 2.45) is 0 Å². The van der Waals surface area contributed by atoms with E-state index in [1.165, 1.54) is 30.0 Å². The number of amides is 2. The van der Waals surface area contributed by atoms with E-state index in [1.54, 1.807) is 36.1 Å². The molecule has 1 aliphatic rings. The van der Waals surface area contributed by atoms with Gasteiger partial charge in [-0.1, -0.05) is 0 Å². The minimum atomic E-state index is -4.59. The lowest BCUT2D eigenvalue weighted by atomic mass is 10.0. The molecule has 3 aromatic rings. The van der Waals surface area contributed by atoms with Crippen LogP contribution in [0.5, 0.6) is 0 Å². The van der Waals surface area contributed by atoms with Crippen LogP contribution >= 0.6 is 0 Å². The Morgan fingerprint density at radius 3 is 2.24 bits per heavy atom. The van der Waals surface area contributed by atoms with Crippen LogP contribution in [0.3, 0.4) is 0 Å². The number of alkyl halides is 3. The smallest absolute Gasteiger partial charge is 0.326 e. The Bertz CT molecular complexity index is 1240. The van der Waals surface area contributed by atoms with Gasteiger partial charge in [0.15, 0.2) is 0 Å². The van der Waals surface area contributed by atoms with Gasteiger partial charge in [0, 0.05) is 24.0 Å². The molecule has 1 heterocycles. The summed E-state index contributed by atoms with van der Waals surface area (Å²) < 4.78 is 53.9. The van der Waals surface area contributed by atoms with Crippen LogP contribution in [-0.2, 0) is 11.0 Å². The van der Waals surface area contributed by atoms with Crippen molar-refractivity contribution in [2.75, 3.05) is 21.8 Å². The van der Waals surface area contributed by atoms with Gasteiger partial charge >= 0.3 is 6.18 Å². The van der Waals surface area contributed by atoms with Gasteiger partial charge in [-0.15, -0.1) is 0 Å². The van der Waals surface area contributed by atoms with Gasteiger partial charge in [-0.05, 0) is 73.2 Å². The minimum Gasteiger partial charge on any atom is -0.326 e. The Morgan fingerprint density at radius 1 is 0.939 bits per heavy atom. The number of aryl methyl sites for hydroxylation is 1. The molecule has 3 aromatic carbocycles. The highest BCUT2D eigenvalue weighted by Gasteiger charge is 2.36. The van der Waals surface area contributed by atoms with Crippen molar-refractivity contribution in [3.63, 3.8) is 0 Å². The van der Waals surface area contributed by atoms with Crippen molar-refractivity contribution in [1.29, 1.82) is 0 Å². The lowest BCUT2D eigenvalue weighted by Gasteiger charge is -2.39. The molecule has 0 saturated carbocycles. The van der Waals surface area contributed by atoms with Gasteiger partial charge in [0.2, 0.25) is 5.91 Å². The summed E-state index contributed by atoms with van der Waals surface area (Å²) in [6, 6.07) is 13.5. The van der Waals surface area contributed by atoms with Crippen LogP contribution in [0.15, 0.2) is 60.7 Å². The lowest BCUT2D eigenvalue weighted by Crippen LogP contribution is -2.45. The molecule has 9 heteroatoms. The van der Waals surface area contributed by atoms with E-state index in [-0.39, 0.29) is 23.8 Å². The second kappa shape index (κ2) is 8.23. The fraction of sp³-hybridized carbons (Fsp3) is 0.167. The number of nitrogens with zero attached hydrogens (tertiary/aromatic N) is 2. The van der Waals surface area contributed by atoms with Gasteiger partial charge < -0.3 is 10.2 Å². The Kier molecular flexibility index (Phi) is 5.57. The number of hydrogen-bond acceptors (Lipinski definition) is 3. The number of fused-ring (bicyclic) bond motifs is 1. The third-order valence-electron chi connectivity index (χ3n) is 5.32. The van der Waals surface area contributed by atoms with Gasteiger partial charge in [-0.2, -0.15) is 13.2 Å². The number of hydrogen-bond donors (Lipinski definition) is 1. The van der Waals surface area contributed by atoms with E-state index in [0.29, 0.717) is 22.6 Å². The summed E-state index contributed by atoms with van der Waals surface area (Å²) in [4.78, 5) is 27.5. The number of benzene rings is 3. The molecule has 0 fully saturated rings. The van der Waals surface area contributed by atoms with Crippen LogP contribution in [-0.4, -0.2) is 18.5 Å². The third-order valence-corrected chi connectivity index (χ3v) is 5.32. The molecule has 0 spiro atoms. The number of rotatable bonds is 3. The van der Waals surface area contributed by atoms with Crippen LogP contribution < -0.4 is 15.1 Å². The third kappa shape index (κ3) is 4.39. The fourth-order valence-electron chi connectivity index (χ4n) is 3.79. The zero-order valence-corrected chi connectivity index (χ0v) is 17.7. The zero-order chi connectivity index (χ0) is 23.9. The summed E-state index contributed by atoms with van der Waals surface area (Å²) >= 11 is 0. The highest BCUT2D eigenvalue weighted by molar-refractivity contribution is 6.12. The molecule has 5 nitrogen and oxygen atoms in total. The van der Waals surface area contributed by atoms with E-state index >= 15 is 0 Å². The van der Waals surface area contributed by atoms with Gasteiger partial charge in [0.1, 0.15) is 12.5 Å². The van der Waals surface area contributed by atoms with Crippen LogP contribution in [0, 0.1) is 12.7 Å². The van der Waals surface area contributed by atoms with E-state index < -0.39 is 23.5 Å². The van der Waals surface area contributed by atoms with Crippen LogP contribution in [0.4, 0.5) is 40.3 Å². The summed E-state index contributed by atoms with van der Waals surface area (Å²) in [5.41, 5.74) is 1.31. The number of carbonyl (C=O) groups excluding carboxylic acids is 2. The predicted molar refractivity (Wildman–Crippen MR) is 117 cm³/mol. The van der Waals surface area contributed by atoms with Gasteiger partial charge in [-0.3, -0.25) is 14.5 Å². The Hall–Kier alpha value is -3.88. The zero-order valence-electron chi connectivity index (χ0n) is 17.7. The van der Waals surface area contributed by atoms with Crippen LogP contribution in [0.2, 0.25) is 0 Å². The molecule has 1 aliphatic heterocycles. The predicted octanol–water partition coefficient (Wildman–Crippen LogP) is 5.87. The van der Waals surface area contributed by atoms with E-state index in [1.807, 2.05) is 0 Å². The van der Waals surface area contributed by atoms with Crippen molar-refractivity contribution in [2.45, 2.75) is 20.0 Å². The maximum absolute atomic E-state index is 13.7. The molecule has 0 saturated heterocycles. The number of carbonyl (C=O) groups is 2.